The largest absolute Gasteiger partial charge is 0.395 e. The minimum absolute atomic E-state index is 0.241. The molecule has 4 nitrogen and oxygen atoms in total. The number of aliphatic hydroxyl groups is 2. The molecule has 4 N–H and O–H groups in total. The Morgan fingerprint density at radius 1 is 0.826 bits per heavy atom. The van der Waals surface area contributed by atoms with Crippen LogP contribution in [0.15, 0.2) is 0 Å². The zero-order valence-corrected chi connectivity index (χ0v) is 15.1. The van der Waals surface area contributed by atoms with Gasteiger partial charge in [0.25, 0.3) is 0 Å². The first-order chi connectivity index (χ1) is 11.1. The van der Waals surface area contributed by atoms with Crippen LogP contribution >= 0.6 is 0 Å². The highest BCUT2D eigenvalue weighted by Crippen LogP contribution is 2.13. The summed E-state index contributed by atoms with van der Waals surface area (Å²) in [5.41, 5.74) is 5.44. The van der Waals surface area contributed by atoms with Crippen molar-refractivity contribution in [1.29, 1.82) is 0 Å². The smallest absolute Gasteiger partial charge is 0.162 e. The lowest BCUT2D eigenvalue weighted by molar-refractivity contribution is -0.128. The first-order valence-electron chi connectivity index (χ1n) is 9.70. The van der Waals surface area contributed by atoms with Crippen molar-refractivity contribution in [2.75, 3.05) is 6.61 Å². The summed E-state index contributed by atoms with van der Waals surface area (Å²) in [4.78, 5) is 11.6. The SMILES string of the molecule is CCCCCCCCCCCCCCCC(=O)[C@H](O)[C@@H](N)CO. The molecule has 23 heavy (non-hydrogen) atoms. The average Bonchev–Trinajstić information content (AvgIpc) is 2.57. The zero-order valence-electron chi connectivity index (χ0n) is 15.1. The van der Waals surface area contributed by atoms with Gasteiger partial charge in [-0.15, -0.1) is 0 Å². The third kappa shape index (κ3) is 13.7. The minimum atomic E-state index is -1.21. The second-order valence-electron chi connectivity index (χ2n) is 6.75. The van der Waals surface area contributed by atoms with E-state index in [9.17, 15) is 9.90 Å². The molecule has 0 saturated heterocycles. The number of rotatable bonds is 17. The molecule has 0 aromatic carbocycles. The summed E-state index contributed by atoms with van der Waals surface area (Å²) in [6.45, 7) is 1.90. The molecular weight excluding hydrogens is 290 g/mol. The fourth-order valence-corrected chi connectivity index (χ4v) is 2.80. The second-order valence-corrected chi connectivity index (χ2v) is 6.75. The van der Waals surface area contributed by atoms with Crippen LogP contribution in [0.1, 0.15) is 96.8 Å². The van der Waals surface area contributed by atoms with Gasteiger partial charge < -0.3 is 15.9 Å². The standard InChI is InChI=1S/C19H39NO3/c1-2-3-4-5-6-7-8-9-10-11-12-13-14-15-18(22)19(23)17(20)16-21/h17,19,21,23H,2-16,20H2,1H3/t17-,19+/m0/s1. The van der Waals surface area contributed by atoms with Gasteiger partial charge in [0.15, 0.2) is 5.78 Å². The summed E-state index contributed by atoms with van der Waals surface area (Å²) in [7, 11) is 0. The number of Topliss-reactive ketones (excluding diaryl/α,β-unsaturated/α-hetero) is 1. The molecule has 0 aliphatic heterocycles. The fraction of sp³-hybridized carbons (Fsp3) is 0.947. The maximum absolute atomic E-state index is 11.6. The summed E-state index contributed by atoms with van der Waals surface area (Å²) >= 11 is 0. The molecular formula is C19H39NO3. The van der Waals surface area contributed by atoms with Gasteiger partial charge in [-0.25, -0.2) is 0 Å². The van der Waals surface area contributed by atoms with E-state index < -0.39 is 12.1 Å². The maximum Gasteiger partial charge on any atom is 0.162 e. The van der Waals surface area contributed by atoms with Gasteiger partial charge in [-0.1, -0.05) is 84.0 Å². The van der Waals surface area contributed by atoms with Crippen molar-refractivity contribution in [3.8, 4) is 0 Å². The molecule has 0 saturated carbocycles. The molecule has 0 aromatic rings. The van der Waals surface area contributed by atoms with Crippen LogP contribution in [0.5, 0.6) is 0 Å². The molecule has 0 fully saturated rings. The van der Waals surface area contributed by atoms with E-state index in [1.165, 1.54) is 64.2 Å². The van der Waals surface area contributed by atoms with E-state index in [0.29, 0.717) is 6.42 Å². The van der Waals surface area contributed by atoms with E-state index in [0.717, 1.165) is 19.3 Å². The van der Waals surface area contributed by atoms with Crippen LogP contribution in [-0.2, 0) is 4.79 Å². The van der Waals surface area contributed by atoms with Gasteiger partial charge in [-0.3, -0.25) is 4.79 Å². The van der Waals surface area contributed by atoms with Crippen LogP contribution in [0.25, 0.3) is 0 Å². The lowest BCUT2D eigenvalue weighted by Gasteiger charge is -2.14. The quantitative estimate of drug-likeness (QED) is 0.355. The third-order valence-electron chi connectivity index (χ3n) is 4.47. The van der Waals surface area contributed by atoms with Crippen molar-refractivity contribution in [3.05, 3.63) is 0 Å². The first kappa shape index (κ1) is 22.6. The van der Waals surface area contributed by atoms with Crippen molar-refractivity contribution < 1.29 is 15.0 Å². The Bertz CT molecular complexity index is 271. The molecule has 0 spiro atoms. The molecule has 4 heteroatoms. The van der Waals surface area contributed by atoms with Crippen molar-refractivity contribution in [1.82, 2.24) is 0 Å². The summed E-state index contributed by atoms with van der Waals surface area (Å²) in [5, 5.41) is 18.3. The molecule has 0 aliphatic carbocycles. The number of nitrogens with two attached hydrogens (primary N) is 1. The number of carbonyl (C=O) groups is 1. The monoisotopic (exact) mass is 329 g/mol. The second kappa shape index (κ2) is 16.4. The van der Waals surface area contributed by atoms with Crippen molar-refractivity contribution in [2.45, 2.75) is 109 Å². The Kier molecular flexibility index (Phi) is 16.1. The Morgan fingerprint density at radius 3 is 1.61 bits per heavy atom. The zero-order chi connectivity index (χ0) is 17.3. The van der Waals surface area contributed by atoms with Crippen LogP contribution in [-0.4, -0.2) is 34.7 Å². The molecule has 138 valence electrons. The van der Waals surface area contributed by atoms with E-state index in [1.807, 2.05) is 0 Å². The highest BCUT2D eigenvalue weighted by atomic mass is 16.3. The number of aliphatic hydroxyl groups excluding tert-OH is 2. The molecule has 0 radical (unpaired) electrons. The Balaban J connectivity index is 3.26. The maximum atomic E-state index is 11.6. The molecule has 0 rings (SSSR count). The predicted octanol–water partition coefficient (Wildman–Crippen LogP) is 3.72. The van der Waals surface area contributed by atoms with Gasteiger partial charge >= 0.3 is 0 Å². The summed E-state index contributed by atoms with van der Waals surface area (Å²) in [5.74, 6) is -0.241. The number of unbranched alkanes of at least 4 members (excludes halogenated alkanes) is 12. The van der Waals surface area contributed by atoms with Crippen LogP contribution in [0.3, 0.4) is 0 Å². The van der Waals surface area contributed by atoms with Crippen LogP contribution < -0.4 is 5.73 Å². The Hall–Kier alpha value is -0.450. The summed E-state index contributed by atoms with van der Waals surface area (Å²) in [6.07, 6.45) is 15.6. The third-order valence-corrected chi connectivity index (χ3v) is 4.47. The number of hydrogen-bond acceptors (Lipinski definition) is 4. The number of ketones is 1. The molecule has 0 unspecified atom stereocenters. The van der Waals surface area contributed by atoms with Gasteiger partial charge in [0.05, 0.1) is 12.6 Å². The predicted molar refractivity (Wildman–Crippen MR) is 96.4 cm³/mol. The number of hydrogen-bond donors (Lipinski definition) is 3. The highest BCUT2D eigenvalue weighted by Gasteiger charge is 2.21. The molecule has 0 heterocycles. The van der Waals surface area contributed by atoms with Crippen LogP contribution in [0, 0.1) is 0 Å². The Morgan fingerprint density at radius 2 is 1.22 bits per heavy atom. The normalized spacial score (nSPS) is 13.9. The first-order valence-corrected chi connectivity index (χ1v) is 9.70. The lowest BCUT2D eigenvalue weighted by Crippen LogP contribution is -2.42. The molecule has 0 aliphatic rings. The van der Waals surface area contributed by atoms with Gasteiger partial charge in [-0.2, -0.15) is 0 Å². The van der Waals surface area contributed by atoms with Crippen molar-refractivity contribution >= 4 is 5.78 Å². The van der Waals surface area contributed by atoms with Gasteiger partial charge in [-0.05, 0) is 6.42 Å². The van der Waals surface area contributed by atoms with E-state index in [-0.39, 0.29) is 12.4 Å². The molecule has 0 amide bonds. The number of carbonyl (C=O) groups excluding carboxylic acids is 1. The van der Waals surface area contributed by atoms with Crippen molar-refractivity contribution in [2.24, 2.45) is 5.73 Å². The fourth-order valence-electron chi connectivity index (χ4n) is 2.80. The van der Waals surface area contributed by atoms with Gasteiger partial charge in [0, 0.05) is 6.42 Å². The average molecular weight is 330 g/mol. The van der Waals surface area contributed by atoms with Crippen molar-refractivity contribution in [3.63, 3.8) is 0 Å². The van der Waals surface area contributed by atoms with Crippen LogP contribution in [0.4, 0.5) is 0 Å². The molecule has 0 aromatic heterocycles. The van der Waals surface area contributed by atoms with Gasteiger partial charge in [0.1, 0.15) is 6.10 Å². The lowest BCUT2D eigenvalue weighted by atomic mass is 10.0. The summed E-state index contributed by atoms with van der Waals surface area (Å²) in [6, 6.07) is -0.843. The van der Waals surface area contributed by atoms with E-state index in [1.54, 1.807) is 0 Å². The van der Waals surface area contributed by atoms with E-state index in [4.69, 9.17) is 10.8 Å². The van der Waals surface area contributed by atoms with Gasteiger partial charge in [0.2, 0.25) is 0 Å². The van der Waals surface area contributed by atoms with Crippen LogP contribution in [0.2, 0.25) is 0 Å². The molecule has 0 bridgehead atoms. The molecule has 2 atom stereocenters. The minimum Gasteiger partial charge on any atom is -0.395 e. The summed E-state index contributed by atoms with van der Waals surface area (Å²) < 4.78 is 0. The topological polar surface area (TPSA) is 83.5 Å². The van der Waals surface area contributed by atoms with E-state index >= 15 is 0 Å². The van der Waals surface area contributed by atoms with E-state index in [2.05, 4.69) is 6.92 Å². The Labute approximate surface area is 142 Å². The highest BCUT2D eigenvalue weighted by molar-refractivity contribution is 5.83.